The normalized spacial score (nSPS) is 24.2. The molecule has 1 amide bonds. The number of nitrogens with one attached hydrogen (secondary N) is 1. The van der Waals surface area contributed by atoms with Gasteiger partial charge in [0.15, 0.2) is 0 Å². The molecule has 0 aliphatic carbocycles. The van der Waals surface area contributed by atoms with Crippen molar-refractivity contribution >= 4 is 5.91 Å². The SMILES string of the molecule is Cc1ncccc1C(=O)NC1CC(C)(C)OC1(C)C. The first kappa shape index (κ1) is 14.0. The minimum absolute atomic E-state index is 0.00889. The second-order valence-electron chi connectivity index (χ2n) is 6.33. The number of carbonyl (C=O) groups excluding carboxylic acids is 1. The molecule has 19 heavy (non-hydrogen) atoms. The van der Waals surface area contributed by atoms with Crippen molar-refractivity contribution in [3.8, 4) is 0 Å². The van der Waals surface area contributed by atoms with Gasteiger partial charge >= 0.3 is 0 Å². The van der Waals surface area contributed by atoms with Crippen molar-refractivity contribution in [2.75, 3.05) is 0 Å². The first-order valence-electron chi connectivity index (χ1n) is 6.64. The molecule has 0 saturated carbocycles. The zero-order valence-corrected chi connectivity index (χ0v) is 12.3. The highest BCUT2D eigenvalue weighted by Crippen LogP contribution is 2.37. The minimum Gasteiger partial charge on any atom is -0.367 e. The molecule has 4 nitrogen and oxygen atoms in total. The summed E-state index contributed by atoms with van der Waals surface area (Å²) in [6.07, 6.45) is 2.50. The van der Waals surface area contributed by atoms with E-state index in [0.29, 0.717) is 5.56 Å². The molecular formula is C15H22N2O2. The van der Waals surface area contributed by atoms with Crippen LogP contribution in [0.2, 0.25) is 0 Å². The molecule has 1 aliphatic heterocycles. The predicted octanol–water partition coefficient (Wildman–Crippen LogP) is 2.47. The maximum absolute atomic E-state index is 12.3. The number of aromatic nitrogens is 1. The summed E-state index contributed by atoms with van der Waals surface area (Å²) in [5.41, 5.74) is 0.819. The Bertz CT molecular complexity index is 495. The summed E-state index contributed by atoms with van der Waals surface area (Å²) < 4.78 is 5.99. The smallest absolute Gasteiger partial charge is 0.253 e. The summed E-state index contributed by atoms with van der Waals surface area (Å²) in [6, 6.07) is 3.59. The maximum Gasteiger partial charge on any atom is 0.253 e. The van der Waals surface area contributed by atoms with Crippen LogP contribution in [0.4, 0.5) is 0 Å². The van der Waals surface area contributed by atoms with E-state index >= 15 is 0 Å². The molecule has 1 saturated heterocycles. The molecule has 1 aliphatic rings. The van der Waals surface area contributed by atoms with Gasteiger partial charge < -0.3 is 10.1 Å². The van der Waals surface area contributed by atoms with Crippen molar-refractivity contribution in [2.45, 2.75) is 58.3 Å². The molecule has 4 heteroatoms. The number of hydrogen-bond donors (Lipinski definition) is 1. The lowest BCUT2D eigenvalue weighted by molar-refractivity contribution is -0.0693. The Balaban J connectivity index is 2.14. The van der Waals surface area contributed by atoms with Crippen LogP contribution in [0.1, 0.15) is 50.2 Å². The fourth-order valence-corrected chi connectivity index (χ4v) is 2.75. The van der Waals surface area contributed by atoms with E-state index in [1.165, 1.54) is 0 Å². The molecule has 2 heterocycles. The van der Waals surface area contributed by atoms with Crippen molar-refractivity contribution in [3.63, 3.8) is 0 Å². The van der Waals surface area contributed by atoms with Gasteiger partial charge in [-0.2, -0.15) is 0 Å². The Morgan fingerprint density at radius 1 is 1.42 bits per heavy atom. The predicted molar refractivity (Wildman–Crippen MR) is 74.1 cm³/mol. The van der Waals surface area contributed by atoms with Crippen LogP contribution in [0.15, 0.2) is 18.3 Å². The van der Waals surface area contributed by atoms with E-state index in [-0.39, 0.29) is 23.2 Å². The van der Waals surface area contributed by atoms with Crippen molar-refractivity contribution < 1.29 is 9.53 Å². The van der Waals surface area contributed by atoms with Gasteiger partial charge in [0.2, 0.25) is 0 Å². The third-order valence-corrected chi connectivity index (χ3v) is 3.63. The molecule has 1 aromatic heterocycles. The molecule has 0 bridgehead atoms. The van der Waals surface area contributed by atoms with E-state index in [0.717, 1.165) is 12.1 Å². The topological polar surface area (TPSA) is 51.2 Å². The molecule has 1 fully saturated rings. The van der Waals surface area contributed by atoms with E-state index < -0.39 is 0 Å². The van der Waals surface area contributed by atoms with Gasteiger partial charge in [0, 0.05) is 11.9 Å². The Hall–Kier alpha value is -1.42. The van der Waals surface area contributed by atoms with Gasteiger partial charge in [-0.25, -0.2) is 0 Å². The lowest BCUT2D eigenvalue weighted by Crippen LogP contribution is -2.46. The van der Waals surface area contributed by atoms with Crippen LogP contribution < -0.4 is 5.32 Å². The van der Waals surface area contributed by atoms with E-state index in [4.69, 9.17) is 4.74 Å². The number of carbonyl (C=O) groups is 1. The van der Waals surface area contributed by atoms with Crippen LogP contribution in [0.3, 0.4) is 0 Å². The second-order valence-corrected chi connectivity index (χ2v) is 6.33. The van der Waals surface area contributed by atoms with Crippen molar-refractivity contribution in [2.24, 2.45) is 0 Å². The number of pyridine rings is 1. The summed E-state index contributed by atoms with van der Waals surface area (Å²) in [7, 11) is 0. The summed E-state index contributed by atoms with van der Waals surface area (Å²) >= 11 is 0. The van der Waals surface area contributed by atoms with Crippen molar-refractivity contribution in [3.05, 3.63) is 29.6 Å². The zero-order chi connectivity index (χ0) is 14.3. The number of amides is 1. The summed E-state index contributed by atoms with van der Waals surface area (Å²) in [4.78, 5) is 16.5. The Morgan fingerprint density at radius 3 is 2.63 bits per heavy atom. The third-order valence-electron chi connectivity index (χ3n) is 3.63. The van der Waals surface area contributed by atoms with Gasteiger partial charge in [-0.3, -0.25) is 9.78 Å². The number of hydrogen-bond acceptors (Lipinski definition) is 3. The molecule has 0 radical (unpaired) electrons. The Morgan fingerprint density at radius 2 is 2.11 bits per heavy atom. The maximum atomic E-state index is 12.3. The van der Waals surface area contributed by atoms with E-state index in [2.05, 4.69) is 24.1 Å². The largest absolute Gasteiger partial charge is 0.367 e. The summed E-state index contributed by atoms with van der Waals surface area (Å²) in [5.74, 6) is -0.0787. The molecule has 1 aromatic rings. The second kappa shape index (κ2) is 4.60. The van der Waals surface area contributed by atoms with Crippen LogP contribution in [-0.4, -0.2) is 28.1 Å². The van der Waals surface area contributed by atoms with Crippen LogP contribution in [0.25, 0.3) is 0 Å². The summed E-state index contributed by atoms with van der Waals surface area (Å²) in [5, 5.41) is 3.08. The average Bonchev–Trinajstić information content (AvgIpc) is 2.47. The molecule has 1 unspecified atom stereocenters. The van der Waals surface area contributed by atoms with E-state index in [1.807, 2.05) is 20.8 Å². The highest BCUT2D eigenvalue weighted by Gasteiger charge is 2.46. The monoisotopic (exact) mass is 262 g/mol. The fourth-order valence-electron chi connectivity index (χ4n) is 2.75. The molecule has 2 rings (SSSR count). The van der Waals surface area contributed by atoms with Crippen LogP contribution in [0, 0.1) is 6.92 Å². The molecule has 1 N–H and O–H groups in total. The van der Waals surface area contributed by atoms with Crippen LogP contribution in [0.5, 0.6) is 0 Å². The Kier molecular flexibility index (Phi) is 3.39. The zero-order valence-electron chi connectivity index (χ0n) is 12.3. The first-order valence-corrected chi connectivity index (χ1v) is 6.64. The molecule has 0 aromatic carbocycles. The Labute approximate surface area is 114 Å². The van der Waals surface area contributed by atoms with Crippen molar-refractivity contribution in [1.29, 1.82) is 0 Å². The lowest BCUT2D eigenvalue weighted by atomic mass is 9.94. The van der Waals surface area contributed by atoms with Crippen LogP contribution >= 0.6 is 0 Å². The van der Waals surface area contributed by atoms with Crippen LogP contribution in [-0.2, 0) is 4.74 Å². The third kappa shape index (κ3) is 2.95. The number of ether oxygens (including phenoxy) is 1. The highest BCUT2D eigenvalue weighted by molar-refractivity contribution is 5.95. The van der Waals surface area contributed by atoms with Crippen molar-refractivity contribution in [1.82, 2.24) is 10.3 Å². The minimum atomic E-state index is -0.352. The van der Waals surface area contributed by atoms with Gasteiger partial charge in [-0.15, -0.1) is 0 Å². The summed E-state index contributed by atoms with van der Waals surface area (Å²) in [6.45, 7) is 9.98. The number of nitrogens with zero attached hydrogens (tertiary/aromatic N) is 1. The fraction of sp³-hybridized carbons (Fsp3) is 0.600. The van der Waals surface area contributed by atoms with E-state index in [1.54, 1.807) is 18.3 Å². The molecule has 0 spiro atoms. The number of rotatable bonds is 2. The van der Waals surface area contributed by atoms with Gasteiger partial charge in [0.25, 0.3) is 5.91 Å². The lowest BCUT2D eigenvalue weighted by Gasteiger charge is -2.27. The quantitative estimate of drug-likeness (QED) is 0.890. The molecule has 1 atom stereocenters. The first-order chi connectivity index (χ1) is 8.71. The van der Waals surface area contributed by atoms with Gasteiger partial charge in [-0.05, 0) is 53.2 Å². The van der Waals surface area contributed by atoms with Gasteiger partial charge in [0.05, 0.1) is 22.8 Å². The molecular weight excluding hydrogens is 240 g/mol. The van der Waals surface area contributed by atoms with Gasteiger partial charge in [0.1, 0.15) is 0 Å². The standard InChI is InChI=1S/C15H22N2O2/c1-10-11(7-6-8-16-10)13(18)17-12-9-14(2,3)19-15(12,4)5/h6-8,12H,9H2,1-5H3,(H,17,18). The average molecular weight is 262 g/mol. The highest BCUT2D eigenvalue weighted by atomic mass is 16.5. The van der Waals surface area contributed by atoms with E-state index in [9.17, 15) is 4.79 Å². The van der Waals surface area contributed by atoms with Gasteiger partial charge in [-0.1, -0.05) is 0 Å². The molecule has 104 valence electrons. The number of aryl methyl sites for hydroxylation is 1.